The van der Waals surface area contributed by atoms with Crippen LogP contribution in [-0.4, -0.2) is 33.3 Å². The summed E-state index contributed by atoms with van der Waals surface area (Å²) in [6.07, 6.45) is 2.20. The Morgan fingerprint density at radius 1 is 1.28 bits per heavy atom. The van der Waals surface area contributed by atoms with Crippen LogP contribution < -0.4 is 9.47 Å². The maximum atomic E-state index is 13.3. The molecule has 1 radical (unpaired) electrons. The van der Waals surface area contributed by atoms with E-state index in [0.29, 0.717) is 40.1 Å². The van der Waals surface area contributed by atoms with Crippen molar-refractivity contribution in [2.24, 2.45) is 0 Å². The van der Waals surface area contributed by atoms with E-state index >= 15 is 0 Å². The van der Waals surface area contributed by atoms with E-state index in [1.807, 2.05) is 20.8 Å². The topological polar surface area (TPSA) is 96.0 Å². The third-order valence-electron chi connectivity index (χ3n) is 4.79. The Bertz CT molecular complexity index is 1070. The summed E-state index contributed by atoms with van der Waals surface area (Å²) in [6.45, 7) is 5.70. The summed E-state index contributed by atoms with van der Waals surface area (Å²) in [7, 11) is 3.19. The summed E-state index contributed by atoms with van der Waals surface area (Å²) in [5.74, 6) is 1.55. The molecule has 0 saturated carbocycles. The number of imidazole rings is 1. The molecular formula is C21H23N4O3S. The quantitative estimate of drug-likeness (QED) is 0.550. The zero-order valence-corrected chi connectivity index (χ0v) is 18.0. The SMILES string of the molecule is CC[C](C#N)n1c([S+]([O-])Cc2ncc(C)c(OC)c2C)nc2ccc(OC)cc21. The first kappa shape index (κ1) is 21.0. The number of nitriles is 1. The highest BCUT2D eigenvalue weighted by molar-refractivity contribution is 7.90. The predicted octanol–water partition coefficient (Wildman–Crippen LogP) is 3.69. The van der Waals surface area contributed by atoms with Crippen molar-refractivity contribution in [3.8, 4) is 17.6 Å². The first-order valence-electron chi connectivity index (χ1n) is 9.15. The fourth-order valence-corrected chi connectivity index (χ4v) is 4.55. The van der Waals surface area contributed by atoms with Crippen molar-refractivity contribution in [2.45, 2.75) is 38.1 Å². The summed E-state index contributed by atoms with van der Waals surface area (Å²) in [4.78, 5) is 9.01. The van der Waals surface area contributed by atoms with Gasteiger partial charge in [-0.1, -0.05) is 6.92 Å². The summed E-state index contributed by atoms with van der Waals surface area (Å²) in [5.41, 5.74) is 3.80. The van der Waals surface area contributed by atoms with Crippen LogP contribution in [0.5, 0.6) is 11.5 Å². The molecule has 0 bridgehead atoms. The zero-order valence-electron chi connectivity index (χ0n) is 17.1. The number of methoxy groups -OCH3 is 2. The minimum atomic E-state index is -1.52. The van der Waals surface area contributed by atoms with Crippen LogP contribution in [0.25, 0.3) is 11.0 Å². The van der Waals surface area contributed by atoms with Crippen molar-refractivity contribution in [3.63, 3.8) is 0 Å². The largest absolute Gasteiger partial charge is 0.609 e. The van der Waals surface area contributed by atoms with E-state index in [1.165, 1.54) is 0 Å². The lowest BCUT2D eigenvalue weighted by molar-refractivity contribution is 0.407. The van der Waals surface area contributed by atoms with Crippen LogP contribution in [0.4, 0.5) is 0 Å². The molecule has 0 spiro atoms. The second-order valence-corrected chi connectivity index (χ2v) is 7.88. The lowest BCUT2D eigenvalue weighted by atomic mass is 10.1. The van der Waals surface area contributed by atoms with E-state index in [1.54, 1.807) is 43.2 Å². The van der Waals surface area contributed by atoms with E-state index in [-0.39, 0.29) is 5.75 Å². The number of pyridine rings is 1. The van der Waals surface area contributed by atoms with Crippen LogP contribution >= 0.6 is 0 Å². The number of aromatic nitrogens is 3. The highest BCUT2D eigenvalue weighted by Crippen LogP contribution is 2.31. The molecule has 2 aromatic heterocycles. The summed E-state index contributed by atoms with van der Waals surface area (Å²) < 4.78 is 25.8. The Morgan fingerprint density at radius 3 is 2.66 bits per heavy atom. The Hall–Kier alpha value is -2.76. The van der Waals surface area contributed by atoms with Crippen molar-refractivity contribution in [3.05, 3.63) is 47.3 Å². The summed E-state index contributed by atoms with van der Waals surface area (Å²) >= 11 is -1.52. The minimum Gasteiger partial charge on any atom is -0.609 e. The normalized spacial score (nSPS) is 12.2. The van der Waals surface area contributed by atoms with Crippen molar-refractivity contribution in [2.75, 3.05) is 14.2 Å². The van der Waals surface area contributed by atoms with Gasteiger partial charge in [-0.25, -0.2) is 0 Å². The van der Waals surface area contributed by atoms with Crippen molar-refractivity contribution < 1.29 is 14.0 Å². The lowest BCUT2D eigenvalue weighted by Crippen LogP contribution is -2.18. The molecule has 7 nitrogen and oxygen atoms in total. The van der Waals surface area contributed by atoms with Gasteiger partial charge in [0, 0.05) is 34.6 Å². The number of benzene rings is 1. The van der Waals surface area contributed by atoms with Gasteiger partial charge in [0.05, 0.1) is 37.0 Å². The van der Waals surface area contributed by atoms with Crippen LogP contribution in [0.15, 0.2) is 29.6 Å². The van der Waals surface area contributed by atoms with Gasteiger partial charge >= 0.3 is 5.16 Å². The van der Waals surface area contributed by atoms with Gasteiger partial charge in [-0.3, -0.25) is 9.55 Å². The molecule has 1 unspecified atom stereocenters. The van der Waals surface area contributed by atoms with Crippen LogP contribution in [-0.2, 0) is 16.9 Å². The van der Waals surface area contributed by atoms with Gasteiger partial charge in [0.25, 0.3) is 0 Å². The van der Waals surface area contributed by atoms with E-state index in [0.717, 1.165) is 16.9 Å². The molecule has 0 saturated heterocycles. The molecule has 0 aliphatic rings. The van der Waals surface area contributed by atoms with Crippen molar-refractivity contribution in [1.29, 1.82) is 5.26 Å². The highest BCUT2D eigenvalue weighted by atomic mass is 32.2. The van der Waals surface area contributed by atoms with Crippen LogP contribution in [0.2, 0.25) is 0 Å². The van der Waals surface area contributed by atoms with Crippen LogP contribution in [0, 0.1) is 31.2 Å². The predicted molar refractivity (Wildman–Crippen MR) is 111 cm³/mol. The number of hydrogen-bond donors (Lipinski definition) is 0. The second kappa shape index (κ2) is 8.72. The van der Waals surface area contributed by atoms with Gasteiger partial charge in [0.2, 0.25) is 0 Å². The first-order chi connectivity index (χ1) is 13.9. The average Bonchev–Trinajstić information content (AvgIpc) is 3.10. The van der Waals surface area contributed by atoms with Gasteiger partial charge in [-0.05, 0) is 32.4 Å². The highest BCUT2D eigenvalue weighted by Gasteiger charge is 2.29. The van der Waals surface area contributed by atoms with E-state index < -0.39 is 11.2 Å². The molecule has 0 amide bonds. The van der Waals surface area contributed by atoms with Crippen LogP contribution in [0.3, 0.4) is 0 Å². The Balaban J connectivity index is 2.09. The minimum absolute atomic E-state index is 0.172. The molecule has 3 rings (SSSR count). The lowest BCUT2D eigenvalue weighted by Gasteiger charge is -2.16. The molecule has 8 heteroatoms. The molecule has 29 heavy (non-hydrogen) atoms. The van der Waals surface area contributed by atoms with Gasteiger partial charge in [0.1, 0.15) is 11.5 Å². The van der Waals surface area contributed by atoms with Crippen molar-refractivity contribution in [1.82, 2.24) is 14.5 Å². The monoisotopic (exact) mass is 411 g/mol. The fourth-order valence-electron chi connectivity index (χ4n) is 3.27. The maximum absolute atomic E-state index is 13.3. The van der Waals surface area contributed by atoms with Gasteiger partial charge in [-0.2, -0.15) is 10.2 Å². The number of rotatable bonds is 7. The molecule has 2 heterocycles. The number of ether oxygens (including phenoxy) is 2. The Morgan fingerprint density at radius 2 is 2.03 bits per heavy atom. The zero-order chi connectivity index (χ0) is 21.1. The van der Waals surface area contributed by atoms with E-state index in [9.17, 15) is 9.81 Å². The maximum Gasteiger partial charge on any atom is 0.326 e. The molecule has 0 N–H and O–H groups in total. The number of hydrogen-bond acceptors (Lipinski definition) is 6. The van der Waals surface area contributed by atoms with Gasteiger partial charge in [-0.15, -0.1) is 0 Å². The average molecular weight is 412 g/mol. The molecular weight excluding hydrogens is 388 g/mol. The second-order valence-electron chi connectivity index (χ2n) is 6.53. The number of fused-ring (bicyclic) bond motifs is 1. The number of aryl methyl sites for hydroxylation is 1. The molecule has 1 atom stereocenters. The Labute approximate surface area is 173 Å². The molecule has 1 aromatic carbocycles. The number of nitrogens with zero attached hydrogens (tertiary/aromatic N) is 4. The van der Waals surface area contributed by atoms with E-state index in [4.69, 9.17) is 9.47 Å². The first-order valence-corrected chi connectivity index (χ1v) is 10.5. The molecule has 0 fully saturated rings. The summed E-state index contributed by atoms with van der Waals surface area (Å²) in [5, 5.41) is 9.95. The van der Waals surface area contributed by atoms with Gasteiger partial charge < -0.3 is 14.0 Å². The van der Waals surface area contributed by atoms with Crippen molar-refractivity contribution >= 4 is 22.2 Å². The fraction of sp³-hybridized carbons (Fsp3) is 0.333. The summed E-state index contributed by atoms with van der Waals surface area (Å²) in [6, 6.07) is 8.07. The third-order valence-corrected chi connectivity index (χ3v) is 6.00. The molecule has 0 aliphatic heterocycles. The molecule has 3 aromatic rings. The standard InChI is InChI=1S/C21H23N4O3S/c1-6-15(10-22)25-19-9-16(27-4)7-8-17(19)24-21(25)29(26)12-18-14(3)20(28-5)13(2)11-23-18/h7-9,11H,6,12H2,1-5H3. The van der Waals surface area contributed by atoms with Gasteiger partial charge in [0.15, 0.2) is 11.8 Å². The molecule has 151 valence electrons. The third kappa shape index (κ3) is 3.88. The van der Waals surface area contributed by atoms with E-state index in [2.05, 4.69) is 16.0 Å². The molecule has 0 aliphatic carbocycles. The van der Waals surface area contributed by atoms with Crippen LogP contribution in [0.1, 0.15) is 30.2 Å². The Kier molecular flexibility index (Phi) is 6.30. The smallest absolute Gasteiger partial charge is 0.326 e.